The smallest absolute Gasteiger partial charge is 0.314 e. The zero-order valence-corrected chi connectivity index (χ0v) is 11.7. The number of nitro groups is 1. The highest BCUT2D eigenvalue weighted by Gasteiger charge is 2.19. The number of nitro benzene ring substituents is 1. The topological polar surface area (TPSA) is 101 Å². The van der Waals surface area contributed by atoms with Gasteiger partial charge in [0.2, 0.25) is 0 Å². The third-order valence-corrected chi connectivity index (χ3v) is 2.86. The summed E-state index contributed by atoms with van der Waals surface area (Å²) in [7, 11) is 0. The summed E-state index contributed by atoms with van der Waals surface area (Å²) in [5.41, 5.74) is 1.17. The molecule has 2 aromatic rings. The summed E-state index contributed by atoms with van der Waals surface area (Å²) in [5.74, 6) is -1.88. The van der Waals surface area contributed by atoms with E-state index in [-0.39, 0.29) is 11.4 Å². The maximum atomic E-state index is 11.8. The van der Waals surface area contributed by atoms with Gasteiger partial charge in [-0.2, -0.15) is 0 Å². The van der Waals surface area contributed by atoms with Crippen LogP contribution in [0.3, 0.4) is 0 Å². The fraction of sp³-hybridized carbons (Fsp3) is 0.0667. The van der Waals surface area contributed by atoms with Crippen molar-refractivity contribution in [3.8, 4) is 0 Å². The first-order chi connectivity index (χ1) is 10.5. The number of hydrogen-bond donors (Lipinski definition) is 2. The third kappa shape index (κ3) is 3.66. The lowest BCUT2D eigenvalue weighted by molar-refractivity contribution is -0.383. The van der Waals surface area contributed by atoms with E-state index < -0.39 is 16.7 Å². The molecule has 0 unspecified atom stereocenters. The first-order valence-electron chi connectivity index (χ1n) is 6.40. The summed E-state index contributed by atoms with van der Waals surface area (Å²) in [6, 6.07) is 12.5. The zero-order valence-electron chi connectivity index (χ0n) is 11.7. The van der Waals surface area contributed by atoms with Crippen LogP contribution in [0, 0.1) is 17.0 Å². The molecule has 2 aromatic carbocycles. The van der Waals surface area contributed by atoms with Crippen LogP contribution in [0.5, 0.6) is 0 Å². The highest BCUT2D eigenvalue weighted by Crippen LogP contribution is 2.23. The largest absolute Gasteiger partial charge is 0.318 e. The Morgan fingerprint density at radius 1 is 0.955 bits per heavy atom. The molecule has 0 heterocycles. The molecule has 22 heavy (non-hydrogen) atoms. The van der Waals surface area contributed by atoms with Crippen LogP contribution in [0.25, 0.3) is 0 Å². The van der Waals surface area contributed by atoms with E-state index in [9.17, 15) is 19.7 Å². The summed E-state index contributed by atoms with van der Waals surface area (Å²) in [4.78, 5) is 33.8. The number of para-hydroxylation sites is 2. The number of nitrogens with zero attached hydrogens (tertiary/aromatic N) is 1. The standard InChI is InChI=1S/C15H13N3O4/c1-10-6-8-11(9-7-10)16-14(19)15(20)17-12-4-2-3-5-13(12)18(21)22/h2-9H,1H3,(H,16,19)(H,17,20). The van der Waals surface area contributed by atoms with Crippen molar-refractivity contribution in [2.24, 2.45) is 0 Å². The molecule has 2 N–H and O–H groups in total. The Morgan fingerprint density at radius 3 is 2.18 bits per heavy atom. The monoisotopic (exact) mass is 299 g/mol. The van der Waals surface area contributed by atoms with Crippen LogP contribution in [0.15, 0.2) is 48.5 Å². The molecule has 2 amide bonds. The number of benzene rings is 2. The molecule has 0 aliphatic carbocycles. The lowest BCUT2D eigenvalue weighted by Crippen LogP contribution is -2.29. The second kappa shape index (κ2) is 6.49. The van der Waals surface area contributed by atoms with E-state index in [2.05, 4.69) is 10.6 Å². The van der Waals surface area contributed by atoms with E-state index in [0.717, 1.165) is 5.56 Å². The van der Waals surface area contributed by atoms with Crippen molar-refractivity contribution < 1.29 is 14.5 Å². The van der Waals surface area contributed by atoms with E-state index >= 15 is 0 Å². The van der Waals surface area contributed by atoms with Gasteiger partial charge in [-0.1, -0.05) is 29.8 Å². The third-order valence-electron chi connectivity index (χ3n) is 2.86. The van der Waals surface area contributed by atoms with Crippen LogP contribution in [0.2, 0.25) is 0 Å². The van der Waals surface area contributed by atoms with Gasteiger partial charge in [0.25, 0.3) is 5.69 Å². The van der Waals surface area contributed by atoms with Gasteiger partial charge in [-0.15, -0.1) is 0 Å². The molecule has 0 aliphatic rings. The molecule has 0 atom stereocenters. The van der Waals surface area contributed by atoms with Gasteiger partial charge < -0.3 is 10.6 Å². The quantitative estimate of drug-likeness (QED) is 0.516. The van der Waals surface area contributed by atoms with Gasteiger partial charge in [0.15, 0.2) is 0 Å². The maximum Gasteiger partial charge on any atom is 0.314 e. The van der Waals surface area contributed by atoms with Crippen molar-refractivity contribution in [2.75, 3.05) is 10.6 Å². The fourth-order valence-electron chi connectivity index (χ4n) is 1.74. The van der Waals surface area contributed by atoms with Gasteiger partial charge in [0, 0.05) is 11.8 Å². The zero-order chi connectivity index (χ0) is 16.1. The van der Waals surface area contributed by atoms with Crippen molar-refractivity contribution in [2.45, 2.75) is 6.92 Å². The molecule has 7 heteroatoms. The van der Waals surface area contributed by atoms with E-state index in [0.29, 0.717) is 5.69 Å². The Kier molecular flexibility index (Phi) is 4.47. The molecule has 0 saturated heterocycles. The van der Waals surface area contributed by atoms with E-state index in [1.807, 2.05) is 6.92 Å². The number of aryl methyl sites for hydroxylation is 1. The first-order valence-corrected chi connectivity index (χ1v) is 6.40. The number of nitrogens with one attached hydrogen (secondary N) is 2. The highest BCUT2D eigenvalue weighted by atomic mass is 16.6. The Labute approximate surface area is 126 Å². The van der Waals surface area contributed by atoms with Crippen LogP contribution < -0.4 is 10.6 Å². The number of amides is 2. The van der Waals surface area contributed by atoms with E-state index in [1.54, 1.807) is 24.3 Å². The first kappa shape index (κ1) is 15.2. The number of rotatable bonds is 3. The molecule has 0 spiro atoms. The van der Waals surface area contributed by atoms with Gasteiger partial charge in [0.05, 0.1) is 4.92 Å². The van der Waals surface area contributed by atoms with E-state index in [4.69, 9.17) is 0 Å². The molecule has 0 fully saturated rings. The van der Waals surface area contributed by atoms with Crippen LogP contribution in [0.1, 0.15) is 5.56 Å². The Bertz CT molecular complexity index is 726. The van der Waals surface area contributed by atoms with Crippen LogP contribution in [-0.4, -0.2) is 16.7 Å². The van der Waals surface area contributed by atoms with Crippen molar-refractivity contribution in [1.29, 1.82) is 0 Å². The highest BCUT2D eigenvalue weighted by molar-refractivity contribution is 6.43. The molecule has 0 aliphatic heterocycles. The number of hydrogen-bond acceptors (Lipinski definition) is 4. The van der Waals surface area contributed by atoms with Crippen LogP contribution >= 0.6 is 0 Å². The lowest BCUT2D eigenvalue weighted by Gasteiger charge is -2.07. The second-order valence-electron chi connectivity index (χ2n) is 4.55. The summed E-state index contributed by atoms with van der Waals surface area (Å²) < 4.78 is 0. The van der Waals surface area contributed by atoms with Gasteiger partial charge >= 0.3 is 11.8 Å². The van der Waals surface area contributed by atoms with Gasteiger partial charge in [-0.05, 0) is 25.1 Å². The molecule has 0 radical (unpaired) electrons. The predicted molar refractivity (Wildman–Crippen MR) is 81.5 cm³/mol. The predicted octanol–water partition coefficient (Wildman–Crippen LogP) is 2.48. The van der Waals surface area contributed by atoms with Crippen molar-refractivity contribution in [3.63, 3.8) is 0 Å². The summed E-state index contributed by atoms with van der Waals surface area (Å²) in [6.45, 7) is 1.90. The number of carbonyl (C=O) groups is 2. The van der Waals surface area contributed by atoms with Crippen LogP contribution in [-0.2, 0) is 9.59 Å². The molecule has 0 bridgehead atoms. The van der Waals surface area contributed by atoms with Gasteiger partial charge in [-0.3, -0.25) is 19.7 Å². The summed E-state index contributed by atoms with van der Waals surface area (Å²) >= 11 is 0. The van der Waals surface area contributed by atoms with E-state index in [1.165, 1.54) is 24.3 Å². The molecular formula is C15H13N3O4. The summed E-state index contributed by atoms with van der Waals surface area (Å²) in [6.07, 6.45) is 0. The van der Waals surface area contributed by atoms with Crippen molar-refractivity contribution >= 4 is 28.9 Å². The summed E-state index contributed by atoms with van der Waals surface area (Å²) in [5, 5.41) is 15.5. The normalized spacial score (nSPS) is 9.86. The Balaban J connectivity index is 2.07. The molecular weight excluding hydrogens is 286 g/mol. The maximum absolute atomic E-state index is 11.8. The van der Waals surface area contributed by atoms with Crippen molar-refractivity contribution in [1.82, 2.24) is 0 Å². The minimum atomic E-state index is -0.977. The average molecular weight is 299 g/mol. The Hall–Kier alpha value is -3.22. The molecule has 0 saturated carbocycles. The van der Waals surface area contributed by atoms with Gasteiger partial charge in [-0.25, -0.2) is 0 Å². The SMILES string of the molecule is Cc1ccc(NC(=O)C(=O)Nc2ccccc2[N+](=O)[O-])cc1. The number of carbonyl (C=O) groups excluding carboxylic acids is 2. The average Bonchev–Trinajstić information content (AvgIpc) is 2.49. The minimum Gasteiger partial charge on any atom is -0.318 e. The molecule has 0 aromatic heterocycles. The molecule has 2 rings (SSSR count). The van der Waals surface area contributed by atoms with Gasteiger partial charge in [0.1, 0.15) is 5.69 Å². The Morgan fingerprint density at radius 2 is 1.55 bits per heavy atom. The molecule has 7 nitrogen and oxygen atoms in total. The second-order valence-corrected chi connectivity index (χ2v) is 4.55. The van der Waals surface area contributed by atoms with Crippen LogP contribution in [0.4, 0.5) is 17.1 Å². The van der Waals surface area contributed by atoms with Crippen molar-refractivity contribution in [3.05, 3.63) is 64.2 Å². The minimum absolute atomic E-state index is 0.0310. The fourth-order valence-corrected chi connectivity index (χ4v) is 1.74. The number of anilines is 2. The molecule has 112 valence electrons. The lowest BCUT2D eigenvalue weighted by atomic mass is 10.2.